The zero-order chi connectivity index (χ0) is 62.6. The second-order valence-corrected chi connectivity index (χ2v) is 30.4. The van der Waals surface area contributed by atoms with Gasteiger partial charge in [0, 0.05) is 42.3 Å². The predicted octanol–water partition coefficient (Wildman–Crippen LogP) is 23.1. The number of rotatable bonds is 28. The van der Waals surface area contributed by atoms with E-state index in [2.05, 4.69) is 83.5 Å². The molecule has 8 nitrogen and oxygen atoms in total. The predicted molar refractivity (Wildman–Crippen MR) is 370 cm³/mol. The monoisotopic (exact) mass is 1260 g/mol. The van der Waals surface area contributed by atoms with Crippen LogP contribution in [0.1, 0.15) is 275 Å². The van der Waals surface area contributed by atoms with E-state index in [-0.39, 0.29) is 55.7 Å². The SMILES string of the molecule is CCC(CC)CC1(C(=O)Cl)CCCCC1.CCC(CC)CC1(C(=O)Nc2ccccc2SC(=O)C(C)C)CCCCC1.CCC(CC)CC1(C(=O)Nc2ccccc2SSc2ccccc2NC(=O)C2(CC(CC)CC)CCCCC2)CCCCC1. The number of anilines is 3. The highest BCUT2D eigenvalue weighted by atomic mass is 35.5. The van der Waals surface area contributed by atoms with Gasteiger partial charge in [-0.1, -0.05) is 256 Å². The molecule has 0 bridgehead atoms. The normalized spacial score (nSPS) is 17.9. The molecule has 0 atom stereocenters. The minimum absolute atomic E-state index is 0.0293. The van der Waals surface area contributed by atoms with Crippen LogP contribution in [0.25, 0.3) is 0 Å². The van der Waals surface area contributed by atoms with Crippen LogP contribution in [0.5, 0.6) is 0 Å². The highest BCUT2D eigenvalue weighted by molar-refractivity contribution is 8.76. The molecule has 0 radical (unpaired) electrons. The van der Waals surface area contributed by atoms with Crippen LogP contribution in [-0.4, -0.2) is 28.1 Å². The summed E-state index contributed by atoms with van der Waals surface area (Å²) in [5.74, 6) is 2.97. The number of amides is 3. The molecule has 7 rings (SSSR count). The maximum absolute atomic E-state index is 14.0. The molecular formula is C74H114ClN3O5S3. The molecule has 0 spiro atoms. The summed E-state index contributed by atoms with van der Waals surface area (Å²) in [5.41, 5.74) is 1.59. The third-order valence-electron chi connectivity index (χ3n) is 20.8. The number of benzene rings is 3. The van der Waals surface area contributed by atoms with Gasteiger partial charge in [-0.2, -0.15) is 0 Å². The van der Waals surface area contributed by atoms with Gasteiger partial charge in [0.2, 0.25) is 23.0 Å². The Hall–Kier alpha value is -3.25. The maximum Gasteiger partial charge on any atom is 0.230 e. The third kappa shape index (κ3) is 21.4. The molecule has 4 aliphatic rings. The second-order valence-electron chi connectivity index (χ2n) is 26.8. The molecule has 0 unspecified atom stereocenters. The van der Waals surface area contributed by atoms with Crippen molar-refractivity contribution in [1.29, 1.82) is 0 Å². The first kappa shape index (κ1) is 73.5. The van der Waals surface area contributed by atoms with Gasteiger partial charge in [-0.3, -0.25) is 24.0 Å². The largest absolute Gasteiger partial charge is 0.325 e. The fraction of sp³-hybridized carbons (Fsp3) is 0.689. The Balaban J connectivity index is 0.000000271. The summed E-state index contributed by atoms with van der Waals surface area (Å²) >= 11 is 7.07. The molecule has 0 aliphatic heterocycles. The Morgan fingerprint density at radius 3 is 0.895 bits per heavy atom. The van der Waals surface area contributed by atoms with E-state index in [0.29, 0.717) is 23.7 Å². The van der Waals surface area contributed by atoms with E-state index in [0.717, 1.165) is 186 Å². The van der Waals surface area contributed by atoms with Crippen molar-refractivity contribution < 1.29 is 24.0 Å². The van der Waals surface area contributed by atoms with E-state index in [1.165, 1.54) is 63.1 Å². The quantitative estimate of drug-likeness (QED) is 0.0373. The fourth-order valence-corrected chi connectivity index (χ4v) is 17.9. The molecule has 3 aromatic carbocycles. The van der Waals surface area contributed by atoms with Crippen LogP contribution in [-0.2, 0) is 24.0 Å². The Morgan fingerprint density at radius 2 is 0.628 bits per heavy atom. The average Bonchev–Trinajstić information content (AvgIpc) is 2.59. The van der Waals surface area contributed by atoms with Crippen LogP contribution < -0.4 is 16.0 Å². The van der Waals surface area contributed by atoms with Crippen LogP contribution >= 0.6 is 45.0 Å². The van der Waals surface area contributed by atoms with Crippen LogP contribution in [0.3, 0.4) is 0 Å². The van der Waals surface area contributed by atoms with Gasteiger partial charge in [-0.25, -0.2) is 0 Å². The lowest BCUT2D eigenvalue weighted by atomic mass is 9.67. The summed E-state index contributed by atoms with van der Waals surface area (Å²) in [6, 6.07) is 24.0. The minimum atomic E-state index is -0.264. The number of carbonyl (C=O) groups is 5. The molecular weight excluding hydrogens is 1140 g/mol. The second kappa shape index (κ2) is 37.8. The van der Waals surface area contributed by atoms with Crippen molar-refractivity contribution >= 4 is 90.1 Å². The molecule has 480 valence electrons. The lowest BCUT2D eigenvalue weighted by molar-refractivity contribution is -0.129. The molecule has 4 fully saturated rings. The lowest BCUT2D eigenvalue weighted by Gasteiger charge is -2.38. The highest BCUT2D eigenvalue weighted by Gasteiger charge is 2.44. The summed E-state index contributed by atoms with van der Waals surface area (Å²) in [4.78, 5) is 68.2. The van der Waals surface area contributed by atoms with Gasteiger partial charge >= 0.3 is 0 Å². The van der Waals surface area contributed by atoms with Crippen LogP contribution in [0.15, 0.2) is 87.5 Å². The first-order valence-corrected chi connectivity index (χ1v) is 37.8. The van der Waals surface area contributed by atoms with E-state index < -0.39 is 0 Å². The molecule has 4 saturated carbocycles. The Labute approximate surface area is 540 Å². The summed E-state index contributed by atoms with van der Waals surface area (Å²) < 4.78 is 0. The van der Waals surface area contributed by atoms with E-state index in [9.17, 15) is 24.0 Å². The van der Waals surface area contributed by atoms with Crippen LogP contribution in [0.2, 0.25) is 0 Å². The Morgan fingerprint density at radius 1 is 0.384 bits per heavy atom. The lowest BCUT2D eigenvalue weighted by Crippen LogP contribution is -2.39. The molecule has 4 aliphatic carbocycles. The van der Waals surface area contributed by atoms with Gasteiger partial charge in [-0.15, -0.1) is 0 Å². The summed E-state index contributed by atoms with van der Waals surface area (Å²) in [7, 11) is 3.31. The first-order chi connectivity index (χ1) is 41.4. The smallest absolute Gasteiger partial charge is 0.230 e. The Kier molecular flexibility index (Phi) is 32.3. The fourth-order valence-electron chi connectivity index (χ4n) is 14.5. The number of para-hydroxylation sites is 3. The van der Waals surface area contributed by atoms with Crippen molar-refractivity contribution in [2.45, 2.75) is 289 Å². The van der Waals surface area contributed by atoms with Crippen LogP contribution in [0, 0.1) is 51.2 Å². The molecule has 86 heavy (non-hydrogen) atoms. The summed E-state index contributed by atoms with van der Waals surface area (Å²) in [5, 5.41) is 10.0. The van der Waals surface area contributed by atoms with Gasteiger partial charge in [0.25, 0.3) is 0 Å². The highest BCUT2D eigenvalue weighted by Crippen LogP contribution is 2.50. The molecule has 3 amide bonds. The van der Waals surface area contributed by atoms with Gasteiger partial charge in [0.15, 0.2) is 5.12 Å². The topological polar surface area (TPSA) is 121 Å². The van der Waals surface area contributed by atoms with Crippen molar-refractivity contribution in [3.63, 3.8) is 0 Å². The standard InChI is InChI=1S/C38H56N2O2S2.C23H35NO2S.C13H23ClO/c1-5-29(6-2)27-37(23-15-9-16-24-37)35(41)39-31-19-11-13-21-33(31)43-44-34-22-14-12-20-32(34)40-36(42)38(25-17-10-18-26-38)28-30(7-3)8-4;1-5-18(6-2)16-23(14-10-7-11-15-23)22(26)24-19-12-8-9-13-20(19)27-21(25)17(3)4;1-3-11(4-2)10-13(12(14)15)8-6-5-7-9-13/h11-14,19-22,29-30H,5-10,15-18,23-28H2,1-4H3,(H,39,41)(H,40,42);8-9,12-13,17-18H,5-7,10-11,14-16H2,1-4H3,(H,24,26);11H,3-10H2,1-2H3. The van der Waals surface area contributed by atoms with E-state index in [1.807, 2.05) is 74.5 Å². The first-order valence-electron chi connectivity index (χ1n) is 34.4. The number of halogens is 1. The number of nitrogens with one attached hydrogen (secondary N) is 3. The van der Waals surface area contributed by atoms with Gasteiger partial charge in [0.1, 0.15) is 0 Å². The molecule has 0 saturated heterocycles. The van der Waals surface area contributed by atoms with E-state index >= 15 is 0 Å². The summed E-state index contributed by atoms with van der Waals surface area (Å²) in [6.45, 7) is 21.7. The number of thioether (sulfide) groups is 1. The Bertz CT molecular complexity index is 2420. The number of hydrogen-bond acceptors (Lipinski definition) is 8. The minimum Gasteiger partial charge on any atom is -0.325 e. The maximum atomic E-state index is 14.0. The molecule has 3 aromatic rings. The van der Waals surface area contributed by atoms with Crippen molar-refractivity contribution in [3.8, 4) is 0 Å². The molecule has 0 aromatic heterocycles. The van der Waals surface area contributed by atoms with Gasteiger partial charge < -0.3 is 16.0 Å². The zero-order valence-electron chi connectivity index (χ0n) is 55.1. The third-order valence-corrected chi connectivity index (χ3v) is 24.9. The van der Waals surface area contributed by atoms with E-state index in [1.54, 1.807) is 21.6 Å². The van der Waals surface area contributed by atoms with Crippen LogP contribution in [0.4, 0.5) is 17.1 Å². The molecule has 0 heterocycles. The zero-order valence-corrected chi connectivity index (χ0v) is 58.3. The van der Waals surface area contributed by atoms with Crippen molar-refractivity contribution in [2.24, 2.45) is 51.2 Å². The van der Waals surface area contributed by atoms with Crippen molar-refractivity contribution in [2.75, 3.05) is 16.0 Å². The summed E-state index contributed by atoms with van der Waals surface area (Å²) in [6.07, 6.45) is 35.2. The van der Waals surface area contributed by atoms with Gasteiger partial charge in [0.05, 0.1) is 17.1 Å². The van der Waals surface area contributed by atoms with E-state index in [4.69, 9.17) is 11.6 Å². The van der Waals surface area contributed by atoms with Crippen molar-refractivity contribution in [1.82, 2.24) is 0 Å². The number of carbonyl (C=O) groups excluding carboxylic acids is 5. The van der Waals surface area contributed by atoms with Gasteiger partial charge in [-0.05, 0) is 160 Å². The average molecular weight is 1260 g/mol. The van der Waals surface area contributed by atoms with Crippen molar-refractivity contribution in [3.05, 3.63) is 72.8 Å². The molecule has 3 N–H and O–H groups in total. The number of hydrogen-bond donors (Lipinski definition) is 3. The molecule has 12 heteroatoms.